The van der Waals surface area contributed by atoms with Crippen molar-refractivity contribution in [2.75, 3.05) is 0 Å². The Morgan fingerprint density at radius 2 is 1.23 bits per heavy atom. The molecule has 7 aromatic carbocycles. The molecule has 3 heterocycles. The molecule has 0 unspecified atom stereocenters. The Morgan fingerprint density at radius 3 is 2.08 bits per heavy atom. The molecule has 48 heavy (non-hydrogen) atoms. The highest BCUT2D eigenvalue weighted by molar-refractivity contribution is 7.26. The molecule has 0 aliphatic heterocycles. The zero-order valence-corrected chi connectivity index (χ0v) is 26.5. The summed E-state index contributed by atoms with van der Waals surface area (Å²) in [5.74, 6) is 0.697. The first kappa shape index (κ1) is 27.1. The fourth-order valence-electron chi connectivity index (χ4n) is 7.11. The van der Waals surface area contributed by atoms with Gasteiger partial charge < -0.3 is 4.42 Å². The van der Waals surface area contributed by atoms with Crippen molar-refractivity contribution in [2.45, 2.75) is 0 Å². The fraction of sp³-hybridized carbons (Fsp3) is 0. The van der Waals surface area contributed by atoms with Crippen LogP contribution in [0.25, 0.3) is 97.9 Å². The Morgan fingerprint density at radius 1 is 0.479 bits per heavy atom. The minimum Gasteiger partial charge on any atom is -0.456 e. The van der Waals surface area contributed by atoms with Crippen LogP contribution >= 0.6 is 11.3 Å². The van der Waals surface area contributed by atoms with E-state index in [1.807, 2.05) is 18.2 Å². The zero-order valence-electron chi connectivity index (χ0n) is 25.7. The summed E-state index contributed by atoms with van der Waals surface area (Å²) in [7, 11) is 0. The van der Waals surface area contributed by atoms with E-state index in [4.69, 9.17) is 14.4 Å². The molecule has 224 valence electrons. The van der Waals surface area contributed by atoms with Crippen molar-refractivity contribution in [1.29, 1.82) is 0 Å². The summed E-state index contributed by atoms with van der Waals surface area (Å²) in [6, 6.07) is 55.4. The maximum atomic E-state index is 6.64. The highest BCUT2D eigenvalue weighted by Gasteiger charge is 2.21. The molecule has 0 N–H and O–H groups in total. The zero-order chi connectivity index (χ0) is 31.6. The van der Waals surface area contributed by atoms with E-state index in [1.165, 1.54) is 32.2 Å². The lowest BCUT2D eigenvalue weighted by Crippen LogP contribution is -1.94. The van der Waals surface area contributed by atoms with Crippen LogP contribution in [0.5, 0.6) is 0 Å². The summed E-state index contributed by atoms with van der Waals surface area (Å²) in [5.41, 5.74) is 10.3. The summed E-state index contributed by atoms with van der Waals surface area (Å²) < 4.78 is 8.95. The number of hydrogen-bond acceptors (Lipinski definition) is 4. The summed E-state index contributed by atoms with van der Waals surface area (Å²) in [6.45, 7) is 0. The number of hydrogen-bond donors (Lipinski definition) is 0. The van der Waals surface area contributed by atoms with Gasteiger partial charge in [0.2, 0.25) is 0 Å². The van der Waals surface area contributed by atoms with Crippen molar-refractivity contribution < 1.29 is 4.42 Å². The fourth-order valence-corrected chi connectivity index (χ4v) is 8.27. The average Bonchev–Trinajstić information content (AvgIpc) is 3.73. The van der Waals surface area contributed by atoms with Crippen molar-refractivity contribution in [1.82, 2.24) is 9.97 Å². The molecule has 0 aliphatic rings. The maximum Gasteiger partial charge on any atom is 0.161 e. The van der Waals surface area contributed by atoms with Crippen LogP contribution in [0.4, 0.5) is 0 Å². The first-order valence-electron chi connectivity index (χ1n) is 16.1. The minimum absolute atomic E-state index is 0.697. The monoisotopic (exact) mass is 630 g/mol. The second-order valence-corrected chi connectivity index (χ2v) is 13.2. The molecular weight excluding hydrogens is 605 g/mol. The van der Waals surface area contributed by atoms with Crippen LogP contribution in [-0.2, 0) is 0 Å². The Kier molecular flexibility index (Phi) is 6.05. The lowest BCUT2D eigenvalue weighted by atomic mass is 9.89. The van der Waals surface area contributed by atoms with Gasteiger partial charge in [0, 0.05) is 32.0 Å². The highest BCUT2D eigenvalue weighted by Crippen LogP contribution is 2.44. The average molecular weight is 631 g/mol. The Labute approximate surface area is 280 Å². The van der Waals surface area contributed by atoms with Gasteiger partial charge in [-0.25, -0.2) is 9.97 Å². The smallest absolute Gasteiger partial charge is 0.161 e. The third-order valence-corrected chi connectivity index (χ3v) is 10.5. The van der Waals surface area contributed by atoms with Crippen LogP contribution in [0, 0.1) is 0 Å². The predicted molar refractivity (Wildman–Crippen MR) is 201 cm³/mol. The van der Waals surface area contributed by atoms with E-state index in [0.717, 1.165) is 59.9 Å². The molecule has 0 saturated carbocycles. The molecule has 0 atom stereocenters. The number of rotatable bonds is 4. The molecule has 0 saturated heterocycles. The van der Waals surface area contributed by atoms with Gasteiger partial charge in [0.15, 0.2) is 5.82 Å². The number of aromatic nitrogens is 2. The van der Waals surface area contributed by atoms with E-state index < -0.39 is 0 Å². The number of benzene rings is 7. The molecule has 3 nitrogen and oxygen atoms in total. The quantitative estimate of drug-likeness (QED) is 0.194. The second kappa shape index (κ2) is 10.7. The standard InChI is InChI=1S/C44H26N2OS/c1-3-12-27(13-4-1)32-24-22-28-14-7-8-17-31(28)39(32)30-23-25-33-37(26-30)47-36-20-11-19-35(40(33)36)44-45-41(29-15-5-2-6-16-29)43-42(46-44)34-18-9-10-21-38(34)48-43/h1-26H. The van der Waals surface area contributed by atoms with Gasteiger partial charge in [0.05, 0.1) is 15.9 Å². The van der Waals surface area contributed by atoms with Gasteiger partial charge in [0.25, 0.3) is 0 Å². The summed E-state index contributed by atoms with van der Waals surface area (Å²) in [5, 5.41) is 5.65. The van der Waals surface area contributed by atoms with Crippen LogP contribution < -0.4 is 0 Å². The molecule has 4 heteroatoms. The molecule has 0 bridgehead atoms. The summed E-state index contributed by atoms with van der Waals surface area (Å²) in [6.07, 6.45) is 0. The Hall–Kier alpha value is -6.10. The van der Waals surface area contributed by atoms with Gasteiger partial charge >= 0.3 is 0 Å². The molecule has 10 rings (SSSR count). The van der Waals surface area contributed by atoms with E-state index >= 15 is 0 Å². The highest BCUT2D eigenvalue weighted by atomic mass is 32.1. The number of furan rings is 1. The minimum atomic E-state index is 0.697. The molecule has 0 aliphatic carbocycles. The largest absolute Gasteiger partial charge is 0.456 e. The first-order chi connectivity index (χ1) is 23.8. The normalized spacial score (nSPS) is 11.8. The molecule has 0 radical (unpaired) electrons. The lowest BCUT2D eigenvalue weighted by Gasteiger charge is -2.14. The lowest BCUT2D eigenvalue weighted by molar-refractivity contribution is 0.669. The van der Waals surface area contributed by atoms with Gasteiger partial charge in [-0.1, -0.05) is 133 Å². The van der Waals surface area contributed by atoms with Gasteiger partial charge in [-0.2, -0.15) is 0 Å². The van der Waals surface area contributed by atoms with E-state index in [9.17, 15) is 0 Å². The van der Waals surface area contributed by atoms with Gasteiger partial charge in [-0.3, -0.25) is 0 Å². The van der Waals surface area contributed by atoms with Gasteiger partial charge in [-0.05, 0) is 57.3 Å². The van der Waals surface area contributed by atoms with Crippen LogP contribution in [0.3, 0.4) is 0 Å². The summed E-state index contributed by atoms with van der Waals surface area (Å²) >= 11 is 1.75. The van der Waals surface area contributed by atoms with Crippen LogP contribution in [0.15, 0.2) is 162 Å². The van der Waals surface area contributed by atoms with E-state index in [1.54, 1.807) is 11.3 Å². The third kappa shape index (κ3) is 4.20. The molecular formula is C44H26N2OS. The van der Waals surface area contributed by atoms with Crippen molar-refractivity contribution in [3.05, 3.63) is 158 Å². The van der Waals surface area contributed by atoms with Gasteiger partial charge in [0.1, 0.15) is 11.2 Å². The second-order valence-electron chi connectivity index (χ2n) is 12.1. The number of nitrogens with zero attached hydrogens (tertiary/aromatic N) is 2. The van der Waals surface area contributed by atoms with Crippen LogP contribution in [-0.4, -0.2) is 9.97 Å². The van der Waals surface area contributed by atoms with Crippen molar-refractivity contribution >= 4 is 64.4 Å². The number of thiophene rings is 1. The molecule has 0 amide bonds. The molecule has 3 aromatic heterocycles. The molecule has 0 fully saturated rings. The van der Waals surface area contributed by atoms with E-state index in [0.29, 0.717) is 5.82 Å². The Balaban J connectivity index is 1.21. The van der Waals surface area contributed by atoms with Gasteiger partial charge in [-0.15, -0.1) is 11.3 Å². The third-order valence-electron chi connectivity index (χ3n) is 9.31. The molecule has 10 aromatic rings. The summed E-state index contributed by atoms with van der Waals surface area (Å²) in [4.78, 5) is 10.5. The van der Waals surface area contributed by atoms with Crippen molar-refractivity contribution in [2.24, 2.45) is 0 Å². The van der Waals surface area contributed by atoms with Crippen LogP contribution in [0.2, 0.25) is 0 Å². The van der Waals surface area contributed by atoms with E-state index in [2.05, 4.69) is 140 Å². The SMILES string of the molecule is c1ccc(-c2ccc3ccccc3c2-c2ccc3c(c2)oc2cccc(-c4nc(-c5ccccc5)c5sc6ccccc6c5n4)c23)cc1. The predicted octanol–water partition coefficient (Wildman–Crippen LogP) is 12.6. The number of fused-ring (bicyclic) bond motifs is 7. The topological polar surface area (TPSA) is 38.9 Å². The maximum absolute atomic E-state index is 6.64. The van der Waals surface area contributed by atoms with E-state index in [-0.39, 0.29) is 0 Å². The first-order valence-corrected chi connectivity index (χ1v) is 16.9. The van der Waals surface area contributed by atoms with Crippen molar-refractivity contribution in [3.8, 4) is 44.9 Å². The van der Waals surface area contributed by atoms with Crippen LogP contribution in [0.1, 0.15) is 0 Å². The molecule has 0 spiro atoms. The Bertz CT molecular complexity index is 2830. The van der Waals surface area contributed by atoms with Crippen molar-refractivity contribution in [3.63, 3.8) is 0 Å².